The zero-order chi connectivity index (χ0) is 11.7. The number of oxazole rings is 1. The molecule has 0 spiro atoms. The smallest absolute Gasteiger partial charge is 0.203 e. The van der Waals surface area contributed by atoms with Crippen molar-refractivity contribution < 1.29 is 9.21 Å². The summed E-state index contributed by atoms with van der Waals surface area (Å²) in [5, 5.41) is 0. The molecule has 0 saturated heterocycles. The first-order valence-corrected chi connectivity index (χ1v) is 5.97. The maximum atomic E-state index is 11.8. The second kappa shape index (κ2) is 4.10. The highest BCUT2D eigenvalue weighted by atomic mass is 32.1. The number of carbonyl (C=O) groups is 1. The van der Waals surface area contributed by atoms with Crippen LogP contribution in [-0.4, -0.2) is 15.8 Å². The molecule has 3 aromatic rings. The normalized spacial score (nSPS) is 10.8. The first-order valence-electron chi connectivity index (χ1n) is 5.09. The maximum Gasteiger partial charge on any atom is 0.203 e. The molecule has 0 unspecified atom stereocenters. The predicted molar refractivity (Wildman–Crippen MR) is 64.2 cm³/mol. The fraction of sp³-hybridized carbons (Fsp3) is 0.0833. The molecule has 0 bridgehead atoms. The summed E-state index contributed by atoms with van der Waals surface area (Å²) in [6.07, 6.45) is 1.74. The lowest BCUT2D eigenvalue weighted by atomic mass is 10.2. The highest BCUT2D eigenvalue weighted by Crippen LogP contribution is 2.17. The summed E-state index contributed by atoms with van der Waals surface area (Å²) in [6.45, 7) is 0. The van der Waals surface area contributed by atoms with E-state index < -0.39 is 0 Å². The Labute approximate surface area is 101 Å². The summed E-state index contributed by atoms with van der Waals surface area (Å²) < 4.78 is 5.49. The number of carbonyl (C=O) groups excluding carboxylic acids is 1. The number of hydrogen-bond donors (Lipinski definition) is 0. The highest BCUT2D eigenvalue weighted by molar-refractivity contribution is 7.11. The van der Waals surface area contributed by atoms with Gasteiger partial charge >= 0.3 is 0 Å². The summed E-state index contributed by atoms with van der Waals surface area (Å²) in [4.78, 5) is 20.6. The van der Waals surface area contributed by atoms with E-state index in [1.54, 1.807) is 11.7 Å². The van der Waals surface area contributed by atoms with E-state index in [9.17, 15) is 4.79 Å². The van der Waals surface area contributed by atoms with E-state index in [4.69, 9.17) is 4.42 Å². The SMILES string of the molecule is O=C(Cc1nc2ccccc2o1)c1cncs1. The Kier molecular flexibility index (Phi) is 2.45. The van der Waals surface area contributed by atoms with Crippen molar-refractivity contribution >= 4 is 28.2 Å². The van der Waals surface area contributed by atoms with Gasteiger partial charge in [0.1, 0.15) is 5.52 Å². The van der Waals surface area contributed by atoms with Crippen molar-refractivity contribution in [2.45, 2.75) is 6.42 Å². The molecule has 5 heteroatoms. The van der Waals surface area contributed by atoms with E-state index in [0.717, 1.165) is 5.52 Å². The molecule has 0 fully saturated rings. The van der Waals surface area contributed by atoms with Crippen LogP contribution >= 0.6 is 11.3 Å². The van der Waals surface area contributed by atoms with Gasteiger partial charge in [-0.15, -0.1) is 11.3 Å². The van der Waals surface area contributed by atoms with Gasteiger partial charge in [0, 0.05) is 6.20 Å². The van der Waals surface area contributed by atoms with Gasteiger partial charge in [-0.3, -0.25) is 9.78 Å². The molecule has 17 heavy (non-hydrogen) atoms. The van der Waals surface area contributed by atoms with Crippen molar-refractivity contribution in [1.29, 1.82) is 0 Å². The topological polar surface area (TPSA) is 56.0 Å². The van der Waals surface area contributed by atoms with Gasteiger partial charge in [0.15, 0.2) is 11.4 Å². The lowest BCUT2D eigenvalue weighted by Gasteiger charge is -1.91. The number of benzene rings is 1. The van der Waals surface area contributed by atoms with Crippen molar-refractivity contribution in [3.8, 4) is 0 Å². The van der Waals surface area contributed by atoms with Crippen LogP contribution < -0.4 is 0 Å². The molecule has 0 aliphatic carbocycles. The number of ketones is 1. The fourth-order valence-corrected chi connectivity index (χ4v) is 2.13. The van der Waals surface area contributed by atoms with Crippen LogP contribution in [0.1, 0.15) is 15.6 Å². The van der Waals surface area contributed by atoms with E-state index in [-0.39, 0.29) is 12.2 Å². The number of hydrogen-bond acceptors (Lipinski definition) is 5. The molecule has 0 atom stereocenters. The first kappa shape index (κ1) is 10.2. The number of thiazole rings is 1. The number of aromatic nitrogens is 2. The van der Waals surface area contributed by atoms with E-state index in [2.05, 4.69) is 9.97 Å². The zero-order valence-corrected chi connectivity index (χ0v) is 9.61. The van der Waals surface area contributed by atoms with Crippen LogP contribution in [-0.2, 0) is 6.42 Å². The summed E-state index contributed by atoms with van der Waals surface area (Å²) in [7, 11) is 0. The van der Waals surface area contributed by atoms with E-state index in [1.807, 2.05) is 24.3 Å². The van der Waals surface area contributed by atoms with Crippen LogP contribution in [0.3, 0.4) is 0 Å². The van der Waals surface area contributed by atoms with Gasteiger partial charge in [-0.2, -0.15) is 0 Å². The number of fused-ring (bicyclic) bond motifs is 1. The number of rotatable bonds is 3. The Morgan fingerprint density at radius 2 is 2.24 bits per heavy atom. The molecule has 84 valence electrons. The summed E-state index contributed by atoms with van der Waals surface area (Å²) in [5.41, 5.74) is 3.12. The second-order valence-corrected chi connectivity index (χ2v) is 4.43. The minimum Gasteiger partial charge on any atom is -0.440 e. The van der Waals surface area contributed by atoms with Gasteiger partial charge in [-0.05, 0) is 12.1 Å². The van der Waals surface area contributed by atoms with Crippen LogP contribution in [0.25, 0.3) is 11.1 Å². The zero-order valence-electron chi connectivity index (χ0n) is 8.79. The molecule has 2 aromatic heterocycles. The Balaban J connectivity index is 1.88. The number of nitrogens with zero attached hydrogens (tertiary/aromatic N) is 2. The molecule has 1 aromatic carbocycles. The van der Waals surface area contributed by atoms with Gasteiger partial charge in [-0.1, -0.05) is 12.1 Å². The fourth-order valence-electron chi connectivity index (χ4n) is 1.57. The Bertz CT molecular complexity index is 625. The van der Waals surface area contributed by atoms with Crippen molar-refractivity contribution in [2.24, 2.45) is 0 Å². The third-order valence-corrected chi connectivity index (χ3v) is 3.17. The van der Waals surface area contributed by atoms with Crippen molar-refractivity contribution in [2.75, 3.05) is 0 Å². The highest BCUT2D eigenvalue weighted by Gasteiger charge is 2.13. The van der Waals surface area contributed by atoms with Crippen LogP contribution in [0, 0.1) is 0 Å². The molecule has 0 aliphatic rings. The minimum atomic E-state index is -0.0148. The van der Waals surface area contributed by atoms with E-state index >= 15 is 0 Å². The van der Waals surface area contributed by atoms with Crippen LogP contribution in [0.15, 0.2) is 40.4 Å². The van der Waals surface area contributed by atoms with Crippen LogP contribution in [0.4, 0.5) is 0 Å². The summed E-state index contributed by atoms with van der Waals surface area (Å²) >= 11 is 1.33. The third-order valence-electron chi connectivity index (χ3n) is 2.36. The molecule has 0 amide bonds. The lowest BCUT2D eigenvalue weighted by molar-refractivity contribution is 0.0990. The molecule has 0 N–H and O–H groups in total. The number of Topliss-reactive ketones (excluding diaryl/α,β-unsaturated/α-hetero) is 1. The molecule has 0 saturated carbocycles. The Morgan fingerprint density at radius 1 is 1.35 bits per heavy atom. The maximum absolute atomic E-state index is 11.8. The molecule has 2 heterocycles. The van der Waals surface area contributed by atoms with Crippen molar-refractivity contribution in [1.82, 2.24) is 9.97 Å². The molecule has 4 nitrogen and oxygen atoms in total. The Hall–Kier alpha value is -2.01. The largest absolute Gasteiger partial charge is 0.440 e. The average Bonchev–Trinajstić information content (AvgIpc) is 2.97. The van der Waals surface area contributed by atoms with Gasteiger partial charge in [-0.25, -0.2) is 4.98 Å². The minimum absolute atomic E-state index is 0.0148. The third kappa shape index (κ3) is 1.97. The summed E-state index contributed by atoms with van der Waals surface area (Å²) in [6, 6.07) is 7.46. The Morgan fingerprint density at radius 3 is 3.00 bits per heavy atom. The van der Waals surface area contributed by atoms with Crippen LogP contribution in [0.5, 0.6) is 0 Å². The van der Waals surface area contributed by atoms with Crippen molar-refractivity contribution in [3.63, 3.8) is 0 Å². The monoisotopic (exact) mass is 244 g/mol. The molecule has 3 rings (SSSR count). The predicted octanol–water partition coefficient (Wildman–Crippen LogP) is 2.71. The van der Waals surface area contributed by atoms with E-state index in [1.165, 1.54) is 11.3 Å². The lowest BCUT2D eigenvalue weighted by Crippen LogP contribution is -2.01. The second-order valence-electron chi connectivity index (χ2n) is 3.54. The molecular weight excluding hydrogens is 236 g/mol. The summed E-state index contributed by atoms with van der Waals surface area (Å²) in [5.74, 6) is 0.434. The molecular formula is C12H8N2O2S. The van der Waals surface area contributed by atoms with E-state index in [0.29, 0.717) is 16.4 Å². The number of para-hydroxylation sites is 2. The van der Waals surface area contributed by atoms with Gasteiger partial charge in [0.25, 0.3) is 0 Å². The standard InChI is InChI=1S/C12H8N2O2S/c15-9(11-6-13-7-17-11)5-12-14-8-3-1-2-4-10(8)16-12/h1-4,6-7H,5H2. The van der Waals surface area contributed by atoms with Crippen molar-refractivity contribution in [3.05, 3.63) is 46.7 Å². The van der Waals surface area contributed by atoms with Gasteiger partial charge in [0.05, 0.1) is 16.8 Å². The quantitative estimate of drug-likeness (QED) is 0.665. The van der Waals surface area contributed by atoms with Gasteiger partial charge in [0.2, 0.25) is 5.89 Å². The molecule has 0 radical (unpaired) electrons. The molecule has 0 aliphatic heterocycles. The van der Waals surface area contributed by atoms with Gasteiger partial charge < -0.3 is 4.42 Å². The van der Waals surface area contributed by atoms with Crippen LogP contribution in [0.2, 0.25) is 0 Å². The average molecular weight is 244 g/mol. The first-order chi connectivity index (χ1) is 8.33.